The van der Waals surface area contributed by atoms with Crippen LogP contribution in [0.4, 0.5) is 0 Å². The van der Waals surface area contributed by atoms with Crippen molar-refractivity contribution in [3.8, 4) is 0 Å². The molecule has 0 radical (unpaired) electrons. The van der Waals surface area contributed by atoms with E-state index in [0.29, 0.717) is 13.1 Å². The Kier molecular flexibility index (Phi) is 6.22. The topological polar surface area (TPSA) is 58.4 Å². The van der Waals surface area contributed by atoms with Gasteiger partial charge in [0.1, 0.15) is 0 Å². The predicted molar refractivity (Wildman–Crippen MR) is 70.7 cm³/mol. The average Bonchev–Trinajstić information content (AvgIpc) is 2.33. The van der Waals surface area contributed by atoms with E-state index in [-0.39, 0.29) is 11.8 Å². The third kappa shape index (κ3) is 5.33. The number of carbonyl (C=O) groups excluding carboxylic acids is 1. The standard InChI is InChI=1S/C13H25N3O/c1-11(2)5-9-16-8-3-4-12(10-16)13(17)15-7-6-14/h12H,1,3-10,14H2,2H3,(H,15,17). The molecule has 0 aromatic rings. The molecule has 1 aliphatic rings. The Morgan fingerprint density at radius 1 is 1.59 bits per heavy atom. The van der Waals surface area contributed by atoms with E-state index in [1.807, 2.05) is 0 Å². The molecule has 1 atom stereocenters. The molecule has 1 heterocycles. The number of piperidine rings is 1. The molecule has 1 fully saturated rings. The second-order valence-corrected chi connectivity index (χ2v) is 4.93. The van der Waals surface area contributed by atoms with Crippen LogP contribution < -0.4 is 11.1 Å². The van der Waals surface area contributed by atoms with Gasteiger partial charge in [0.2, 0.25) is 5.91 Å². The number of nitrogens with one attached hydrogen (secondary N) is 1. The van der Waals surface area contributed by atoms with Crippen LogP contribution in [0.1, 0.15) is 26.2 Å². The van der Waals surface area contributed by atoms with Gasteiger partial charge < -0.3 is 16.0 Å². The molecule has 0 aromatic carbocycles. The Balaban J connectivity index is 2.32. The van der Waals surface area contributed by atoms with E-state index in [1.165, 1.54) is 5.57 Å². The third-order valence-electron chi connectivity index (χ3n) is 3.17. The van der Waals surface area contributed by atoms with Gasteiger partial charge in [0, 0.05) is 26.2 Å². The number of carbonyl (C=O) groups is 1. The molecule has 1 rings (SSSR count). The van der Waals surface area contributed by atoms with E-state index >= 15 is 0 Å². The second kappa shape index (κ2) is 7.45. The van der Waals surface area contributed by atoms with Crippen LogP contribution in [-0.4, -0.2) is 43.5 Å². The van der Waals surface area contributed by atoms with Crippen LogP contribution in [0.2, 0.25) is 0 Å². The predicted octanol–water partition coefficient (Wildman–Crippen LogP) is 0.740. The third-order valence-corrected chi connectivity index (χ3v) is 3.17. The van der Waals surface area contributed by atoms with Gasteiger partial charge in [-0.05, 0) is 32.7 Å². The van der Waals surface area contributed by atoms with Crippen LogP contribution >= 0.6 is 0 Å². The van der Waals surface area contributed by atoms with Gasteiger partial charge in [-0.25, -0.2) is 0 Å². The van der Waals surface area contributed by atoms with Crippen LogP contribution in [0.25, 0.3) is 0 Å². The van der Waals surface area contributed by atoms with Gasteiger partial charge in [-0.3, -0.25) is 4.79 Å². The smallest absolute Gasteiger partial charge is 0.224 e. The molecule has 4 heteroatoms. The zero-order valence-corrected chi connectivity index (χ0v) is 10.9. The zero-order chi connectivity index (χ0) is 12.7. The molecular formula is C13H25N3O. The fourth-order valence-corrected chi connectivity index (χ4v) is 2.16. The average molecular weight is 239 g/mol. The largest absolute Gasteiger partial charge is 0.355 e. The maximum absolute atomic E-state index is 11.8. The zero-order valence-electron chi connectivity index (χ0n) is 10.9. The van der Waals surface area contributed by atoms with Crippen LogP contribution in [0.3, 0.4) is 0 Å². The molecule has 0 bridgehead atoms. The van der Waals surface area contributed by atoms with Gasteiger partial charge in [0.15, 0.2) is 0 Å². The lowest BCUT2D eigenvalue weighted by molar-refractivity contribution is -0.126. The highest BCUT2D eigenvalue weighted by molar-refractivity contribution is 5.78. The lowest BCUT2D eigenvalue weighted by Crippen LogP contribution is -2.44. The quantitative estimate of drug-likeness (QED) is 0.672. The first-order valence-corrected chi connectivity index (χ1v) is 6.48. The summed E-state index contributed by atoms with van der Waals surface area (Å²) < 4.78 is 0. The van der Waals surface area contributed by atoms with Gasteiger partial charge in [-0.2, -0.15) is 0 Å². The first-order valence-electron chi connectivity index (χ1n) is 6.48. The summed E-state index contributed by atoms with van der Waals surface area (Å²) in [6, 6.07) is 0. The molecule has 0 aliphatic carbocycles. The lowest BCUT2D eigenvalue weighted by atomic mass is 9.97. The summed E-state index contributed by atoms with van der Waals surface area (Å²) in [5.74, 6) is 0.302. The molecule has 1 amide bonds. The molecular weight excluding hydrogens is 214 g/mol. The number of hydrogen-bond donors (Lipinski definition) is 2. The summed E-state index contributed by atoms with van der Waals surface area (Å²) in [6.45, 7) is 10.1. The van der Waals surface area contributed by atoms with Crippen molar-refractivity contribution in [2.24, 2.45) is 11.7 Å². The number of hydrogen-bond acceptors (Lipinski definition) is 3. The van der Waals surface area contributed by atoms with Crippen LogP contribution in [0, 0.1) is 5.92 Å². The summed E-state index contributed by atoms with van der Waals surface area (Å²) in [5.41, 5.74) is 6.59. The number of amides is 1. The van der Waals surface area contributed by atoms with Gasteiger partial charge >= 0.3 is 0 Å². The summed E-state index contributed by atoms with van der Waals surface area (Å²) in [5, 5.41) is 2.88. The SMILES string of the molecule is C=C(C)CCN1CCCC(C(=O)NCCN)C1. The fraction of sp³-hybridized carbons (Fsp3) is 0.769. The normalized spacial score (nSPS) is 21.2. The van der Waals surface area contributed by atoms with Crippen molar-refractivity contribution in [2.75, 3.05) is 32.7 Å². The maximum atomic E-state index is 11.8. The first-order chi connectivity index (χ1) is 8.13. The number of likely N-dealkylation sites (tertiary alicyclic amines) is 1. The van der Waals surface area contributed by atoms with E-state index in [9.17, 15) is 4.79 Å². The van der Waals surface area contributed by atoms with Crippen LogP contribution in [0.5, 0.6) is 0 Å². The summed E-state index contributed by atoms with van der Waals surface area (Å²) in [4.78, 5) is 14.2. The van der Waals surface area contributed by atoms with Crippen molar-refractivity contribution < 1.29 is 4.79 Å². The van der Waals surface area contributed by atoms with Gasteiger partial charge in [-0.1, -0.05) is 5.57 Å². The van der Waals surface area contributed by atoms with Gasteiger partial charge in [0.25, 0.3) is 0 Å². The number of nitrogens with two attached hydrogens (primary N) is 1. The molecule has 0 spiro atoms. The monoisotopic (exact) mass is 239 g/mol. The second-order valence-electron chi connectivity index (χ2n) is 4.93. The van der Waals surface area contributed by atoms with E-state index in [1.54, 1.807) is 0 Å². The van der Waals surface area contributed by atoms with E-state index in [0.717, 1.165) is 38.9 Å². The Labute approximate surface area is 104 Å². The number of nitrogens with zero attached hydrogens (tertiary/aromatic N) is 1. The summed E-state index contributed by atoms with van der Waals surface area (Å²) in [7, 11) is 0. The Morgan fingerprint density at radius 2 is 2.35 bits per heavy atom. The van der Waals surface area contributed by atoms with Crippen LogP contribution in [0.15, 0.2) is 12.2 Å². The van der Waals surface area contributed by atoms with E-state index in [2.05, 4.69) is 23.7 Å². The van der Waals surface area contributed by atoms with Gasteiger partial charge in [0.05, 0.1) is 5.92 Å². The molecule has 98 valence electrons. The van der Waals surface area contributed by atoms with Crippen LogP contribution in [-0.2, 0) is 4.79 Å². The number of rotatable bonds is 6. The molecule has 0 saturated carbocycles. The fourth-order valence-electron chi connectivity index (χ4n) is 2.16. The lowest BCUT2D eigenvalue weighted by Gasteiger charge is -2.32. The highest BCUT2D eigenvalue weighted by atomic mass is 16.1. The highest BCUT2D eigenvalue weighted by Crippen LogP contribution is 2.17. The van der Waals surface area contributed by atoms with Crippen molar-refractivity contribution in [3.05, 3.63) is 12.2 Å². The molecule has 1 saturated heterocycles. The Morgan fingerprint density at radius 3 is 3.00 bits per heavy atom. The van der Waals surface area contributed by atoms with Crippen molar-refractivity contribution >= 4 is 5.91 Å². The van der Waals surface area contributed by atoms with Gasteiger partial charge in [-0.15, -0.1) is 6.58 Å². The minimum absolute atomic E-state index is 0.139. The molecule has 4 nitrogen and oxygen atoms in total. The van der Waals surface area contributed by atoms with Crippen molar-refractivity contribution in [3.63, 3.8) is 0 Å². The van der Waals surface area contributed by atoms with E-state index < -0.39 is 0 Å². The summed E-state index contributed by atoms with van der Waals surface area (Å²) >= 11 is 0. The minimum Gasteiger partial charge on any atom is -0.355 e. The molecule has 3 N–H and O–H groups in total. The molecule has 1 aliphatic heterocycles. The van der Waals surface area contributed by atoms with Crippen molar-refractivity contribution in [1.82, 2.24) is 10.2 Å². The van der Waals surface area contributed by atoms with E-state index in [4.69, 9.17) is 5.73 Å². The minimum atomic E-state index is 0.139. The Bertz CT molecular complexity index is 265. The van der Waals surface area contributed by atoms with Crippen molar-refractivity contribution in [1.29, 1.82) is 0 Å². The summed E-state index contributed by atoms with van der Waals surface area (Å²) in [6.07, 6.45) is 3.13. The highest BCUT2D eigenvalue weighted by Gasteiger charge is 2.24. The molecule has 1 unspecified atom stereocenters. The molecule has 0 aromatic heterocycles. The maximum Gasteiger partial charge on any atom is 0.224 e. The molecule has 17 heavy (non-hydrogen) atoms. The van der Waals surface area contributed by atoms with Crippen molar-refractivity contribution in [2.45, 2.75) is 26.2 Å². The Hall–Kier alpha value is -0.870. The first kappa shape index (κ1) is 14.2.